The van der Waals surface area contributed by atoms with E-state index in [4.69, 9.17) is 0 Å². The summed E-state index contributed by atoms with van der Waals surface area (Å²) in [5, 5.41) is 0. The van der Waals surface area contributed by atoms with Crippen LogP contribution in [-0.2, 0) is 0 Å². The van der Waals surface area contributed by atoms with Crippen molar-refractivity contribution in [1.82, 2.24) is 14.8 Å². The molecule has 1 aromatic heterocycles. The Morgan fingerprint density at radius 2 is 1.95 bits per heavy atom. The predicted octanol–water partition coefficient (Wildman–Crippen LogP) is 6.89. The SMILES string of the molecule is CC.CCCB(C)c1ccnc(C)c1/C=C(\C)C(C)N1CC=C(c2c(C)cc(C(=O)N(C)C)cc2F)CC1. The monoisotopic (exact) mass is 519 g/mol. The van der Waals surface area contributed by atoms with Gasteiger partial charge in [-0.05, 0) is 69.0 Å². The van der Waals surface area contributed by atoms with Crippen LogP contribution in [-0.4, -0.2) is 60.6 Å². The topological polar surface area (TPSA) is 36.4 Å². The fourth-order valence-electron chi connectivity index (χ4n) is 5.24. The van der Waals surface area contributed by atoms with Gasteiger partial charge in [-0.2, -0.15) is 0 Å². The Balaban J connectivity index is 0.00000247. The largest absolute Gasteiger partial charge is 0.345 e. The van der Waals surface area contributed by atoms with E-state index in [2.05, 4.69) is 62.6 Å². The predicted molar refractivity (Wildman–Crippen MR) is 163 cm³/mol. The Labute approximate surface area is 231 Å². The number of carbonyl (C=O) groups excluding carboxylic acids is 1. The number of nitrogens with zero attached hydrogens (tertiary/aromatic N) is 3. The first kappa shape index (κ1) is 31.5. The molecule has 1 unspecified atom stereocenters. The molecule has 0 N–H and O–H groups in total. The van der Waals surface area contributed by atoms with Crippen molar-refractivity contribution in [1.29, 1.82) is 0 Å². The first-order valence-electron chi connectivity index (χ1n) is 14.1. The molecule has 1 amide bonds. The molecule has 1 aliphatic rings. The number of benzene rings is 1. The molecule has 0 radical (unpaired) electrons. The van der Waals surface area contributed by atoms with Gasteiger partial charge in [0.15, 0.2) is 6.71 Å². The van der Waals surface area contributed by atoms with Crippen LogP contribution in [0.1, 0.15) is 80.2 Å². The van der Waals surface area contributed by atoms with Gasteiger partial charge >= 0.3 is 0 Å². The van der Waals surface area contributed by atoms with Gasteiger partial charge in [-0.15, -0.1) is 0 Å². The summed E-state index contributed by atoms with van der Waals surface area (Å²) < 4.78 is 15.1. The maximum Gasteiger partial charge on any atom is 0.253 e. The summed E-state index contributed by atoms with van der Waals surface area (Å²) in [6, 6.07) is 5.61. The number of rotatable bonds is 8. The van der Waals surface area contributed by atoms with Gasteiger partial charge in [0.05, 0.1) is 0 Å². The average Bonchev–Trinajstić information content (AvgIpc) is 2.90. The molecule has 0 saturated heterocycles. The van der Waals surface area contributed by atoms with Crippen molar-refractivity contribution >= 4 is 29.7 Å². The minimum Gasteiger partial charge on any atom is -0.345 e. The zero-order valence-electron chi connectivity index (χ0n) is 25.3. The molecular weight excluding hydrogens is 472 g/mol. The van der Waals surface area contributed by atoms with E-state index in [1.807, 2.05) is 27.0 Å². The van der Waals surface area contributed by atoms with Gasteiger partial charge in [-0.1, -0.05) is 63.5 Å². The van der Waals surface area contributed by atoms with Crippen LogP contribution in [0.25, 0.3) is 11.6 Å². The molecule has 2 aromatic rings. The van der Waals surface area contributed by atoms with Crippen LogP contribution in [0.15, 0.2) is 36.0 Å². The molecule has 206 valence electrons. The molecule has 0 spiro atoms. The normalized spacial score (nSPS) is 14.8. The van der Waals surface area contributed by atoms with E-state index in [1.165, 1.54) is 33.9 Å². The summed E-state index contributed by atoms with van der Waals surface area (Å²) in [6.07, 6.45) is 9.50. The molecule has 38 heavy (non-hydrogen) atoms. The summed E-state index contributed by atoms with van der Waals surface area (Å²) >= 11 is 0. The molecule has 0 saturated carbocycles. The van der Waals surface area contributed by atoms with E-state index in [0.717, 1.165) is 42.8 Å². The number of hydrogen-bond acceptors (Lipinski definition) is 3. The highest BCUT2D eigenvalue weighted by molar-refractivity contribution is 6.72. The number of carbonyl (C=O) groups is 1. The van der Waals surface area contributed by atoms with Gasteiger partial charge in [-0.3, -0.25) is 14.7 Å². The molecule has 1 atom stereocenters. The third-order valence-electron chi connectivity index (χ3n) is 7.56. The molecule has 0 aliphatic carbocycles. The minimum absolute atomic E-state index is 0.181. The van der Waals surface area contributed by atoms with Crippen molar-refractivity contribution in [3.05, 3.63) is 69.8 Å². The van der Waals surface area contributed by atoms with Crippen molar-refractivity contribution in [3.8, 4) is 0 Å². The van der Waals surface area contributed by atoms with Gasteiger partial charge in [0.25, 0.3) is 5.91 Å². The van der Waals surface area contributed by atoms with Gasteiger partial charge in [0.1, 0.15) is 5.82 Å². The van der Waals surface area contributed by atoms with Gasteiger partial charge in [0, 0.05) is 56.2 Å². The smallest absolute Gasteiger partial charge is 0.253 e. The van der Waals surface area contributed by atoms with Gasteiger partial charge in [0.2, 0.25) is 0 Å². The molecule has 2 heterocycles. The number of amides is 1. The third kappa shape index (κ3) is 7.44. The van der Waals surface area contributed by atoms with Crippen LogP contribution in [0.5, 0.6) is 0 Å². The van der Waals surface area contributed by atoms with E-state index < -0.39 is 0 Å². The number of pyridine rings is 1. The molecule has 0 fully saturated rings. The maximum absolute atomic E-state index is 15.1. The van der Waals surface area contributed by atoms with E-state index in [9.17, 15) is 4.79 Å². The van der Waals surface area contributed by atoms with Crippen molar-refractivity contribution < 1.29 is 9.18 Å². The van der Waals surface area contributed by atoms with Gasteiger partial charge < -0.3 is 4.90 Å². The summed E-state index contributed by atoms with van der Waals surface area (Å²) in [5.41, 5.74) is 7.88. The lowest BCUT2D eigenvalue weighted by Gasteiger charge is -2.33. The van der Waals surface area contributed by atoms with Crippen molar-refractivity contribution in [2.24, 2.45) is 0 Å². The molecule has 3 rings (SSSR count). The fraction of sp³-hybridized carbons (Fsp3) is 0.500. The number of aromatic nitrogens is 1. The lowest BCUT2D eigenvalue weighted by Crippen LogP contribution is -2.37. The van der Waals surface area contributed by atoms with E-state index in [0.29, 0.717) is 17.8 Å². The first-order chi connectivity index (χ1) is 18.0. The number of aryl methyl sites for hydroxylation is 2. The van der Waals surface area contributed by atoms with Crippen LogP contribution in [0.4, 0.5) is 4.39 Å². The Bertz CT molecular complexity index is 1150. The van der Waals surface area contributed by atoms with E-state index in [1.54, 1.807) is 20.2 Å². The Morgan fingerprint density at radius 3 is 2.50 bits per heavy atom. The fourth-order valence-corrected chi connectivity index (χ4v) is 5.24. The molecule has 1 aliphatic heterocycles. The quantitative estimate of drug-likeness (QED) is 0.357. The highest BCUT2D eigenvalue weighted by Gasteiger charge is 2.23. The number of halogens is 1. The van der Waals surface area contributed by atoms with E-state index >= 15 is 4.39 Å². The standard InChI is InChI=1S/C30H41BFN3O.C2H6/c1-9-13-31(6)27-10-14-33-22(4)26(27)18-20(2)23(5)35-15-11-24(12-16-35)29-21(3)17-25(19-28(29)32)30(36)34(7)8;1-2/h10-11,14,17-19,23H,9,12-13,15-16H2,1-8H3;1-2H3/b20-18+;. The van der Waals surface area contributed by atoms with Crippen LogP contribution in [0.2, 0.25) is 13.1 Å². The lowest BCUT2D eigenvalue weighted by atomic mass is 9.43. The molecule has 1 aromatic carbocycles. The Morgan fingerprint density at radius 1 is 1.26 bits per heavy atom. The van der Waals surface area contributed by atoms with Gasteiger partial charge in [-0.25, -0.2) is 4.39 Å². The maximum atomic E-state index is 15.1. The van der Waals surface area contributed by atoms with Crippen molar-refractivity contribution in [2.75, 3.05) is 27.2 Å². The van der Waals surface area contributed by atoms with Crippen LogP contribution < -0.4 is 5.46 Å². The Kier molecular flexibility index (Phi) is 12.0. The highest BCUT2D eigenvalue weighted by atomic mass is 19.1. The molecule has 6 heteroatoms. The van der Waals surface area contributed by atoms with Crippen LogP contribution >= 0.6 is 0 Å². The summed E-state index contributed by atoms with van der Waals surface area (Å²) in [6.45, 7) is 19.1. The summed E-state index contributed by atoms with van der Waals surface area (Å²) in [5.74, 6) is -0.496. The van der Waals surface area contributed by atoms with Crippen molar-refractivity contribution in [3.63, 3.8) is 0 Å². The molecule has 4 nitrogen and oxygen atoms in total. The second kappa shape index (κ2) is 14.4. The second-order valence-electron chi connectivity index (χ2n) is 10.5. The summed E-state index contributed by atoms with van der Waals surface area (Å²) in [7, 11) is 3.36. The first-order valence-corrected chi connectivity index (χ1v) is 14.1. The molecule has 0 bridgehead atoms. The minimum atomic E-state index is -0.315. The Hall–Kier alpha value is -2.73. The van der Waals surface area contributed by atoms with E-state index in [-0.39, 0.29) is 17.8 Å². The highest BCUT2D eigenvalue weighted by Crippen LogP contribution is 2.30. The third-order valence-corrected chi connectivity index (χ3v) is 7.56. The molecular formula is C32H47BFN3O. The van der Waals surface area contributed by atoms with Crippen molar-refractivity contribution in [2.45, 2.75) is 80.5 Å². The zero-order chi connectivity index (χ0) is 28.6. The van der Waals surface area contributed by atoms with Crippen LogP contribution in [0.3, 0.4) is 0 Å². The lowest BCUT2D eigenvalue weighted by molar-refractivity contribution is 0.0827. The second-order valence-corrected chi connectivity index (χ2v) is 10.5. The zero-order valence-corrected chi connectivity index (χ0v) is 25.3. The number of hydrogen-bond donors (Lipinski definition) is 0. The van der Waals surface area contributed by atoms with Crippen LogP contribution in [0, 0.1) is 19.7 Å². The average molecular weight is 520 g/mol. The summed E-state index contributed by atoms with van der Waals surface area (Å²) in [4.78, 5) is 20.8.